The molecule has 32 heavy (non-hydrogen) atoms. The van der Waals surface area contributed by atoms with Gasteiger partial charge in [0.15, 0.2) is 5.11 Å². The largest absolute Gasteiger partial charge is 0.494 e. The molecule has 4 rings (SSSR count). The molecule has 7 heteroatoms. The van der Waals surface area contributed by atoms with Crippen molar-refractivity contribution < 1.29 is 14.3 Å². The molecule has 6 nitrogen and oxygen atoms in total. The van der Waals surface area contributed by atoms with Crippen LogP contribution in [0, 0.1) is 13.8 Å². The van der Waals surface area contributed by atoms with Crippen molar-refractivity contribution in [2.24, 2.45) is 0 Å². The second-order valence-corrected chi connectivity index (χ2v) is 7.77. The molecular formula is C25H23N3O3S. The maximum Gasteiger partial charge on any atom is 0.270 e. The fourth-order valence-electron chi connectivity index (χ4n) is 3.83. The standard InChI is InChI=1S/C25H23N3O3S/c1-4-31-21-12-8-11-20(15-21)28-24(30)22(23(29)26-25(28)32)14-18-13-16(2)27(17(18)3)19-9-6-5-7-10-19/h5-15H,4H2,1-3H3,(H,26,29,32)/b22-14-. The molecule has 0 aliphatic carbocycles. The van der Waals surface area contributed by atoms with E-state index < -0.39 is 11.8 Å². The lowest BCUT2D eigenvalue weighted by Crippen LogP contribution is -2.54. The first-order valence-electron chi connectivity index (χ1n) is 10.3. The van der Waals surface area contributed by atoms with Crippen LogP contribution in [0.2, 0.25) is 0 Å². The van der Waals surface area contributed by atoms with E-state index in [4.69, 9.17) is 17.0 Å². The highest BCUT2D eigenvalue weighted by Crippen LogP contribution is 2.27. The molecule has 1 aromatic heterocycles. The van der Waals surface area contributed by atoms with Gasteiger partial charge < -0.3 is 9.30 Å². The summed E-state index contributed by atoms with van der Waals surface area (Å²) in [7, 11) is 0. The molecule has 1 N–H and O–H groups in total. The van der Waals surface area contributed by atoms with E-state index in [0.717, 1.165) is 22.6 Å². The van der Waals surface area contributed by atoms with E-state index in [0.29, 0.717) is 18.0 Å². The van der Waals surface area contributed by atoms with Crippen LogP contribution in [-0.2, 0) is 9.59 Å². The topological polar surface area (TPSA) is 63.6 Å². The monoisotopic (exact) mass is 445 g/mol. The molecule has 1 aliphatic rings. The number of amides is 2. The SMILES string of the molecule is CCOc1cccc(N2C(=O)/C(=C\c3cc(C)n(-c4ccccc4)c3C)C(=O)NC2=S)c1. The van der Waals surface area contributed by atoms with Gasteiger partial charge in [-0.3, -0.25) is 19.8 Å². The number of nitrogens with zero attached hydrogens (tertiary/aromatic N) is 2. The first-order chi connectivity index (χ1) is 15.4. The summed E-state index contributed by atoms with van der Waals surface area (Å²) < 4.78 is 7.63. The van der Waals surface area contributed by atoms with Gasteiger partial charge in [-0.05, 0) is 75.0 Å². The lowest BCUT2D eigenvalue weighted by atomic mass is 10.1. The molecule has 0 radical (unpaired) electrons. The number of carbonyl (C=O) groups is 2. The van der Waals surface area contributed by atoms with E-state index in [1.807, 2.05) is 57.2 Å². The molecule has 1 saturated heterocycles. The normalized spacial score (nSPS) is 15.3. The average molecular weight is 446 g/mol. The minimum Gasteiger partial charge on any atom is -0.494 e. The highest BCUT2D eigenvalue weighted by Gasteiger charge is 2.35. The van der Waals surface area contributed by atoms with Gasteiger partial charge in [-0.25, -0.2) is 0 Å². The van der Waals surface area contributed by atoms with Crippen molar-refractivity contribution in [2.45, 2.75) is 20.8 Å². The van der Waals surface area contributed by atoms with E-state index in [9.17, 15) is 9.59 Å². The quantitative estimate of drug-likeness (QED) is 0.361. The molecule has 162 valence electrons. The summed E-state index contributed by atoms with van der Waals surface area (Å²) in [6, 6.07) is 19.0. The van der Waals surface area contributed by atoms with Crippen LogP contribution in [0.15, 0.2) is 66.2 Å². The number of benzene rings is 2. The van der Waals surface area contributed by atoms with Crippen LogP contribution in [0.25, 0.3) is 11.8 Å². The highest BCUT2D eigenvalue weighted by molar-refractivity contribution is 7.80. The van der Waals surface area contributed by atoms with Gasteiger partial charge >= 0.3 is 0 Å². The molecule has 2 aromatic carbocycles. The third kappa shape index (κ3) is 3.94. The van der Waals surface area contributed by atoms with Gasteiger partial charge in [0.05, 0.1) is 12.3 Å². The Labute approximate surface area is 192 Å². The summed E-state index contributed by atoms with van der Waals surface area (Å²) in [5, 5.41) is 2.68. The Hall–Kier alpha value is -3.71. The van der Waals surface area contributed by atoms with Crippen LogP contribution >= 0.6 is 12.2 Å². The maximum atomic E-state index is 13.4. The molecule has 3 aromatic rings. The number of anilines is 1. The Morgan fingerprint density at radius 1 is 1.00 bits per heavy atom. The number of rotatable bonds is 5. The van der Waals surface area contributed by atoms with Crippen molar-refractivity contribution in [2.75, 3.05) is 11.5 Å². The smallest absolute Gasteiger partial charge is 0.270 e. The van der Waals surface area contributed by atoms with Gasteiger partial charge in [-0.15, -0.1) is 0 Å². The lowest BCUT2D eigenvalue weighted by Gasteiger charge is -2.29. The van der Waals surface area contributed by atoms with Crippen molar-refractivity contribution in [3.8, 4) is 11.4 Å². The average Bonchev–Trinajstić information content (AvgIpc) is 3.05. The minimum absolute atomic E-state index is 0.0220. The van der Waals surface area contributed by atoms with Gasteiger partial charge in [-0.1, -0.05) is 24.3 Å². The summed E-state index contributed by atoms with van der Waals surface area (Å²) in [5.41, 5.74) is 4.30. The summed E-state index contributed by atoms with van der Waals surface area (Å²) >= 11 is 5.30. The van der Waals surface area contributed by atoms with Crippen LogP contribution in [0.3, 0.4) is 0 Å². The molecule has 0 bridgehead atoms. The van der Waals surface area contributed by atoms with E-state index in [2.05, 4.69) is 9.88 Å². The zero-order valence-corrected chi connectivity index (χ0v) is 18.9. The summed E-state index contributed by atoms with van der Waals surface area (Å²) in [6.07, 6.45) is 1.63. The molecule has 0 unspecified atom stereocenters. The number of hydrogen-bond donors (Lipinski definition) is 1. The van der Waals surface area contributed by atoms with E-state index in [-0.39, 0.29) is 10.7 Å². The minimum atomic E-state index is -0.512. The van der Waals surface area contributed by atoms with Crippen molar-refractivity contribution in [1.82, 2.24) is 9.88 Å². The first kappa shape index (κ1) is 21.5. The number of ether oxygens (including phenoxy) is 1. The maximum absolute atomic E-state index is 13.4. The van der Waals surface area contributed by atoms with Crippen molar-refractivity contribution in [3.05, 3.63) is 83.2 Å². The zero-order valence-electron chi connectivity index (χ0n) is 18.1. The predicted molar refractivity (Wildman–Crippen MR) is 129 cm³/mol. The van der Waals surface area contributed by atoms with Crippen LogP contribution in [0.4, 0.5) is 5.69 Å². The zero-order chi connectivity index (χ0) is 22.8. The van der Waals surface area contributed by atoms with Gasteiger partial charge in [-0.2, -0.15) is 0 Å². The molecule has 2 amide bonds. The summed E-state index contributed by atoms with van der Waals surface area (Å²) in [5.74, 6) is -0.368. The summed E-state index contributed by atoms with van der Waals surface area (Å²) in [6.45, 7) is 6.34. The molecule has 0 spiro atoms. The number of aromatic nitrogens is 1. The summed E-state index contributed by atoms with van der Waals surface area (Å²) in [4.78, 5) is 27.4. The molecule has 1 fully saturated rings. The fourth-order valence-corrected chi connectivity index (χ4v) is 4.12. The molecule has 0 saturated carbocycles. The van der Waals surface area contributed by atoms with Crippen LogP contribution in [0.1, 0.15) is 23.9 Å². The van der Waals surface area contributed by atoms with Crippen LogP contribution in [0.5, 0.6) is 5.75 Å². The van der Waals surface area contributed by atoms with Crippen molar-refractivity contribution in [1.29, 1.82) is 0 Å². The molecule has 1 aliphatic heterocycles. The number of para-hydroxylation sites is 1. The van der Waals surface area contributed by atoms with Gasteiger partial charge in [0, 0.05) is 23.1 Å². The Kier molecular flexibility index (Phi) is 5.92. The highest BCUT2D eigenvalue weighted by atomic mass is 32.1. The van der Waals surface area contributed by atoms with E-state index >= 15 is 0 Å². The number of carbonyl (C=O) groups excluding carboxylic acids is 2. The van der Waals surface area contributed by atoms with Crippen LogP contribution < -0.4 is 15.0 Å². The molecule has 2 heterocycles. The number of aryl methyl sites for hydroxylation is 1. The van der Waals surface area contributed by atoms with E-state index in [1.54, 1.807) is 30.3 Å². The Morgan fingerprint density at radius 2 is 1.72 bits per heavy atom. The third-order valence-electron chi connectivity index (χ3n) is 5.27. The Bertz CT molecular complexity index is 1240. The molecular weight excluding hydrogens is 422 g/mol. The number of thiocarbonyl (C=S) groups is 1. The first-order valence-corrected chi connectivity index (χ1v) is 10.7. The van der Waals surface area contributed by atoms with Gasteiger partial charge in [0.2, 0.25) is 0 Å². The second-order valence-electron chi connectivity index (χ2n) is 7.39. The van der Waals surface area contributed by atoms with Crippen molar-refractivity contribution in [3.63, 3.8) is 0 Å². The fraction of sp³-hybridized carbons (Fsp3) is 0.160. The number of nitrogens with one attached hydrogen (secondary N) is 1. The van der Waals surface area contributed by atoms with E-state index in [1.165, 1.54) is 4.90 Å². The third-order valence-corrected chi connectivity index (χ3v) is 5.56. The second kappa shape index (κ2) is 8.80. The van der Waals surface area contributed by atoms with Crippen LogP contribution in [-0.4, -0.2) is 28.1 Å². The number of hydrogen-bond acceptors (Lipinski definition) is 4. The lowest BCUT2D eigenvalue weighted by molar-refractivity contribution is -0.122. The molecule has 0 atom stereocenters. The Morgan fingerprint density at radius 3 is 2.44 bits per heavy atom. The van der Waals surface area contributed by atoms with Gasteiger partial charge in [0.1, 0.15) is 11.3 Å². The predicted octanol–water partition coefficient (Wildman–Crippen LogP) is 4.32. The Balaban J connectivity index is 1.74. The van der Waals surface area contributed by atoms with Gasteiger partial charge in [0.25, 0.3) is 11.8 Å². The van der Waals surface area contributed by atoms with Crippen molar-refractivity contribution >= 4 is 40.9 Å².